The normalized spacial score (nSPS) is 11.6. The maximum atomic E-state index is 5.68. The van der Waals surface area contributed by atoms with Gasteiger partial charge in [0.15, 0.2) is 0 Å². The first-order chi connectivity index (χ1) is 29.4. The molecule has 0 saturated heterocycles. The second-order valence-electron chi connectivity index (χ2n) is 14.1. The minimum Gasteiger partial charge on any atom is -0.379 e. The van der Waals surface area contributed by atoms with Crippen LogP contribution in [0.15, 0.2) is 30.3 Å². The SMILES string of the molecule is CCCCCCCCCCCCCCCOCCOCCOCCOCCOCCOCCOCCOCCOCCOCCOCCOCCOCc1ccccc1. The van der Waals surface area contributed by atoms with Crippen molar-refractivity contribution in [1.82, 2.24) is 0 Å². The highest BCUT2D eigenvalue weighted by Gasteiger charge is 1.99. The van der Waals surface area contributed by atoms with Crippen LogP contribution in [-0.2, 0) is 68.2 Å². The van der Waals surface area contributed by atoms with Gasteiger partial charge in [-0.05, 0) is 12.0 Å². The first kappa shape index (κ1) is 55.7. The van der Waals surface area contributed by atoms with E-state index in [1.54, 1.807) is 0 Å². The Balaban J connectivity index is 1.59. The van der Waals surface area contributed by atoms with E-state index < -0.39 is 0 Å². The van der Waals surface area contributed by atoms with Gasteiger partial charge < -0.3 is 61.6 Å². The molecule has 1 aromatic rings. The van der Waals surface area contributed by atoms with Crippen molar-refractivity contribution < 1.29 is 61.6 Å². The summed E-state index contributed by atoms with van der Waals surface area (Å²) >= 11 is 0. The highest BCUT2D eigenvalue weighted by Crippen LogP contribution is 2.12. The van der Waals surface area contributed by atoms with Gasteiger partial charge in [-0.1, -0.05) is 114 Å². The molecule has 0 aromatic heterocycles. The molecule has 0 fully saturated rings. The van der Waals surface area contributed by atoms with Crippen LogP contribution in [-0.4, -0.2) is 165 Å². The average molecular weight is 847 g/mol. The molecule has 0 spiro atoms. The molecule has 0 N–H and O–H groups in total. The molecule has 348 valence electrons. The largest absolute Gasteiger partial charge is 0.379 e. The van der Waals surface area contributed by atoms with Gasteiger partial charge >= 0.3 is 0 Å². The fraction of sp³-hybridized carbons (Fsp3) is 0.870. The Morgan fingerprint density at radius 2 is 0.458 bits per heavy atom. The molecule has 1 rings (SSSR count). The second-order valence-corrected chi connectivity index (χ2v) is 14.1. The first-order valence-corrected chi connectivity index (χ1v) is 23.0. The summed E-state index contributed by atoms with van der Waals surface area (Å²) in [7, 11) is 0. The van der Waals surface area contributed by atoms with E-state index in [1.807, 2.05) is 30.3 Å². The monoisotopic (exact) mass is 847 g/mol. The van der Waals surface area contributed by atoms with E-state index in [-0.39, 0.29) is 0 Å². The van der Waals surface area contributed by atoms with Crippen molar-refractivity contribution in [3.05, 3.63) is 35.9 Å². The van der Waals surface area contributed by atoms with Gasteiger partial charge in [0.1, 0.15) is 0 Å². The van der Waals surface area contributed by atoms with E-state index in [2.05, 4.69) is 6.92 Å². The molecule has 1 aromatic carbocycles. The average Bonchev–Trinajstić information content (AvgIpc) is 3.26. The van der Waals surface area contributed by atoms with Gasteiger partial charge in [0, 0.05) is 6.61 Å². The molecule has 0 heterocycles. The van der Waals surface area contributed by atoms with E-state index in [0.29, 0.717) is 165 Å². The zero-order valence-corrected chi connectivity index (χ0v) is 37.3. The van der Waals surface area contributed by atoms with Gasteiger partial charge in [-0.3, -0.25) is 0 Å². The molecular weight excluding hydrogens is 760 g/mol. The van der Waals surface area contributed by atoms with Gasteiger partial charge in [0.2, 0.25) is 0 Å². The molecule has 0 aliphatic heterocycles. The molecule has 0 amide bonds. The number of hydrogen-bond acceptors (Lipinski definition) is 13. The van der Waals surface area contributed by atoms with Crippen LogP contribution < -0.4 is 0 Å². The molecule has 13 nitrogen and oxygen atoms in total. The zero-order chi connectivity index (χ0) is 41.9. The van der Waals surface area contributed by atoms with Crippen molar-refractivity contribution >= 4 is 0 Å². The lowest BCUT2D eigenvalue weighted by Crippen LogP contribution is -2.15. The van der Waals surface area contributed by atoms with Crippen molar-refractivity contribution in [3.63, 3.8) is 0 Å². The summed E-state index contributed by atoms with van der Waals surface area (Å²) in [4.78, 5) is 0. The zero-order valence-electron chi connectivity index (χ0n) is 37.3. The molecular formula is C46H86O13. The van der Waals surface area contributed by atoms with E-state index in [9.17, 15) is 0 Å². The Bertz CT molecular complexity index is 886. The number of rotatable bonds is 52. The molecule has 0 atom stereocenters. The summed E-state index contributed by atoms with van der Waals surface area (Å²) in [5.74, 6) is 0. The summed E-state index contributed by atoms with van der Waals surface area (Å²) in [6.45, 7) is 16.6. The van der Waals surface area contributed by atoms with Gasteiger partial charge in [0.25, 0.3) is 0 Å². The predicted molar refractivity (Wildman–Crippen MR) is 232 cm³/mol. The second kappa shape index (κ2) is 51.1. The number of benzene rings is 1. The van der Waals surface area contributed by atoms with Crippen molar-refractivity contribution in [2.45, 2.75) is 97.0 Å². The quantitative estimate of drug-likeness (QED) is 0.0603. The van der Waals surface area contributed by atoms with Crippen LogP contribution in [0.5, 0.6) is 0 Å². The molecule has 0 saturated carbocycles. The minimum absolute atomic E-state index is 0.512. The Morgan fingerprint density at radius 3 is 0.729 bits per heavy atom. The summed E-state index contributed by atoms with van der Waals surface area (Å²) in [6.07, 6.45) is 17.8. The Kier molecular flexibility index (Phi) is 48.2. The number of ether oxygens (including phenoxy) is 13. The third-order valence-corrected chi connectivity index (χ3v) is 8.97. The lowest BCUT2D eigenvalue weighted by atomic mass is 10.0. The van der Waals surface area contributed by atoms with Crippen molar-refractivity contribution in [1.29, 1.82) is 0 Å². The fourth-order valence-corrected chi connectivity index (χ4v) is 5.63. The van der Waals surface area contributed by atoms with E-state index in [0.717, 1.165) is 18.6 Å². The standard InChI is InChI=1S/C46H86O13/c1-2-3-4-5-6-7-8-9-10-11-12-13-17-20-47-21-22-48-23-24-49-25-26-50-27-28-51-29-30-52-31-32-53-33-34-54-35-36-55-37-38-56-39-40-57-41-42-58-43-44-59-45-46-18-15-14-16-19-46/h14-16,18-19H,2-13,17,20-45H2,1H3. The van der Waals surface area contributed by atoms with Gasteiger partial charge in [-0.25, -0.2) is 0 Å². The van der Waals surface area contributed by atoms with Crippen LogP contribution >= 0.6 is 0 Å². The van der Waals surface area contributed by atoms with Crippen LogP contribution in [0.1, 0.15) is 96.0 Å². The highest BCUT2D eigenvalue weighted by molar-refractivity contribution is 5.13. The lowest BCUT2D eigenvalue weighted by Gasteiger charge is -2.09. The van der Waals surface area contributed by atoms with Crippen molar-refractivity contribution in [2.75, 3.05) is 165 Å². The molecule has 13 heteroatoms. The molecule has 0 aliphatic carbocycles. The maximum Gasteiger partial charge on any atom is 0.0718 e. The number of hydrogen-bond donors (Lipinski definition) is 0. The maximum absolute atomic E-state index is 5.68. The van der Waals surface area contributed by atoms with Crippen LogP contribution in [0.3, 0.4) is 0 Å². The van der Waals surface area contributed by atoms with E-state index >= 15 is 0 Å². The number of unbranched alkanes of at least 4 members (excludes halogenated alkanes) is 12. The summed E-state index contributed by atoms with van der Waals surface area (Å²) in [5.41, 5.74) is 1.16. The summed E-state index contributed by atoms with van der Waals surface area (Å²) in [6, 6.07) is 10.1. The molecule has 0 radical (unpaired) electrons. The van der Waals surface area contributed by atoms with Gasteiger partial charge in [-0.2, -0.15) is 0 Å². The molecule has 0 bridgehead atoms. The van der Waals surface area contributed by atoms with E-state index in [4.69, 9.17) is 61.6 Å². The third-order valence-electron chi connectivity index (χ3n) is 8.97. The topological polar surface area (TPSA) is 120 Å². The Hall–Kier alpha value is -1.30. The lowest BCUT2D eigenvalue weighted by molar-refractivity contribution is -0.0292. The summed E-state index contributed by atoms with van der Waals surface area (Å²) < 4.78 is 72.0. The van der Waals surface area contributed by atoms with E-state index in [1.165, 1.54) is 77.0 Å². The van der Waals surface area contributed by atoms with Crippen molar-refractivity contribution in [3.8, 4) is 0 Å². The van der Waals surface area contributed by atoms with Gasteiger partial charge in [-0.15, -0.1) is 0 Å². The van der Waals surface area contributed by atoms with Crippen LogP contribution in [0.2, 0.25) is 0 Å². The van der Waals surface area contributed by atoms with Crippen LogP contribution in [0, 0.1) is 0 Å². The molecule has 0 aliphatic rings. The first-order valence-electron chi connectivity index (χ1n) is 23.0. The van der Waals surface area contributed by atoms with Crippen LogP contribution in [0.4, 0.5) is 0 Å². The smallest absolute Gasteiger partial charge is 0.0718 e. The van der Waals surface area contributed by atoms with Crippen molar-refractivity contribution in [2.24, 2.45) is 0 Å². The van der Waals surface area contributed by atoms with Crippen LogP contribution in [0.25, 0.3) is 0 Å². The Morgan fingerprint density at radius 1 is 0.237 bits per heavy atom. The molecule has 0 unspecified atom stereocenters. The summed E-state index contributed by atoms with van der Waals surface area (Å²) in [5, 5.41) is 0. The fourth-order valence-electron chi connectivity index (χ4n) is 5.63. The van der Waals surface area contributed by atoms with Gasteiger partial charge in [0.05, 0.1) is 165 Å². The minimum atomic E-state index is 0.512. The molecule has 59 heavy (non-hydrogen) atoms. The third kappa shape index (κ3) is 47.6. The highest BCUT2D eigenvalue weighted by atomic mass is 16.6. The predicted octanol–water partition coefficient (Wildman–Crippen LogP) is 7.49. The Labute approximate surface area is 359 Å².